The van der Waals surface area contributed by atoms with Gasteiger partial charge in [0.05, 0.1) is 6.61 Å². The maximum Gasteiger partial charge on any atom is 0.294 e. The Morgan fingerprint density at radius 1 is 1.16 bits per heavy atom. The van der Waals surface area contributed by atoms with Gasteiger partial charge in [-0.15, -0.1) is 10.1 Å². The van der Waals surface area contributed by atoms with Crippen molar-refractivity contribution in [2.45, 2.75) is 96.5 Å². The summed E-state index contributed by atoms with van der Waals surface area (Å²) in [4.78, 5) is 14.4. The maximum atomic E-state index is 10.9. The van der Waals surface area contributed by atoms with Crippen LogP contribution in [0, 0.1) is 16.0 Å². The lowest BCUT2D eigenvalue weighted by molar-refractivity contribution is -0.757. The summed E-state index contributed by atoms with van der Waals surface area (Å²) in [7, 11) is 0. The predicted molar refractivity (Wildman–Crippen MR) is 121 cm³/mol. The standard InChI is InChI=1S/C25H37NO5/c1-18-12-13-21-20(15-18)24-22(27)16-19(17-23(24)31-25(21,2)3)11-9-7-5-4-6-8-10-14-30-26(28)29/h12,16-17,20-21,27H,4-11,13-15H2,1-3H3/t20-,21-/m1/s1. The first kappa shape index (κ1) is 23.4. The summed E-state index contributed by atoms with van der Waals surface area (Å²) in [5.74, 6) is 1.98. The van der Waals surface area contributed by atoms with Gasteiger partial charge in [-0.1, -0.05) is 43.8 Å². The quantitative estimate of drug-likeness (QED) is 0.187. The highest BCUT2D eigenvalue weighted by molar-refractivity contribution is 5.52. The van der Waals surface area contributed by atoms with Gasteiger partial charge in [0.25, 0.3) is 5.09 Å². The summed E-state index contributed by atoms with van der Waals surface area (Å²) < 4.78 is 6.41. The number of hydrogen-bond acceptors (Lipinski definition) is 5. The number of allylic oxidation sites excluding steroid dienone is 2. The molecule has 1 aromatic rings. The van der Waals surface area contributed by atoms with Crippen LogP contribution in [0.1, 0.15) is 95.6 Å². The van der Waals surface area contributed by atoms with Crippen molar-refractivity contribution in [3.05, 3.63) is 45.0 Å². The fourth-order valence-corrected chi connectivity index (χ4v) is 5.22. The van der Waals surface area contributed by atoms with E-state index in [1.807, 2.05) is 6.07 Å². The zero-order valence-electron chi connectivity index (χ0n) is 19.2. The Bertz CT molecular complexity index is 801. The Balaban J connectivity index is 1.47. The minimum atomic E-state index is -0.726. The van der Waals surface area contributed by atoms with E-state index in [4.69, 9.17) is 4.74 Å². The van der Waals surface area contributed by atoms with Crippen LogP contribution in [0.3, 0.4) is 0 Å². The van der Waals surface area contributed by atoms with Gasteiger partial charge in [-0.2, -0.15) is 0 Å². The number of aromatic hydroxyl groups is 1. The van der Waals surface area contributed by atoms with Crippen LogP contribution in [0.4, 0.5) is 0 Å². The molecule has 31 heavy (non-hydrogen) atoms. The van der Waals surface area contributed by atoms with Crippen molar-refractivity contribution >= 4 is 0 Å². The third kappa shape index (κ3) is 6.14. The van der Waals surface area contributed by atoms with Gasteiger partial charge in [0.1, 0.15) is 17.1 Å². The number of ether oxygens (including phenoxy) is 1. The maximum absolute atomic E-state index is 10.9. The number of fused-ring (bicyclic) bond motifs is 3. The van der Waals surface area contributed by atoms with Gasteiger partial charge in [-0.05, 0) is 70.6 Å². The van der Waals surface area contributed by atoms with Crippen LogP contribution >= 0.6 is 0 Å². The summed E-state index contributed by atoms with van der Waals surface area (Å²) in [6.07, 6.45) is 12.6. The number of unbranched alkanes of at least 4 members (excludes halogenated alkanes) is 6. The van der Waals surface area contributed by atoms with E-state index in [9.17, 15) is 15.2 Å². The van der Waals surface area contributed by atoms with Gasteiger partial charge in [0.2, 0.25) is 0 Å². The monoisotopic (exact) mass is 431 g/mol. The molecule has 0 unspecified atom stereocenters. The molecule has 1 N–H and O–H groups in total. The lowest BCUT2D eigenvalue weighted by Gasteiger charge is -2.47. The molecular formula is C25H37NO5. The average Bonchev–Trinajstić information content (AvgIpc) is 2.68. The number of phenolic OH excluding ortho intramolecular Hbond substituents is 1. The largest absolute Gasteiger partial charge is 0.508 e. The van der Waals surface area contributed by atoms with E-state index in [0.717, 1.165) is 81.1 Å². The fraction of sp³-hybridized carbons (Fsp3) is 0.680. The van der Waals surface area contributed by atoms with Crippen LogP contribution in [0.15, 0.2) is 23.8 Å². The summed E-state index contributed by atoms with van der Waals surface area (Å²) in [5.41, 5.74) is 3.32. The van der Waals surface area contributed by atoms with Crippen LogP contribution in [0.5, 0.6) is 11.5 Å². The van der Waals surface area contributed by atoms with Gasteiger partial charge in [-0.25, -0.2) is 0 Å². The molecule has 172 valence electrons. The van der Waals surface area contributed by atoms with E-state index in [0.29, 0.717) is 17.6 Å². The van der Waals surface area contributed by atoms with E-state index < -0.39 is 5.09 Å². The SMILES string of the molecule is CC1=CC[C@@H]2[C@@H](C1)c1c(O)cc(CCCCCCCCCO[N+](=O)[O-])cc1OC2(C)C. The molecule has 0 aromatic heterocycles. The highest BCUT2D eigenvalue weighted by Gasteiger charge is 2.45. The lowest BCUT2D eigenvalue weighted by atomic mass is 9.67. The topological polar surface area (TPSA) is 81.8 Å². The summed E-state index contributed by atoms with van der Waals surface area (Å²) >= 11 is 0. The van der Waals surface area contributed by atoms with Crippen LogP contribution in [0.2, 0.25) is 0 Å². The molecule has 0 amide bonds. The normalized spacial score (nSPS) is 21.5. The van der Waals surface area contributed by atoms with Crippen molar-refractivity contribution in [3.63, 3.8) is 0 Å². The Morgan fingerprint density at radius 2 is 1.84 bits per heavy atom. The molecule has 0 bridgehead atoms. The number of nitrogens with zero attached hydrogens (tertiary/aromatic N) is 1. The van der Waals surface area contributed by atoms with Gasteiger partial charge >= 0.3 is 0 Å². The second-order valence-corrected chi connectivity index (χ2v) is 9.72. The molecule has 1 aromatic carbocycles. The molecule has 1 aliphatic carbocycles. The van der Waals surface area contributed by atoms with E-state index in [1.165, 1.54) is 5.57 Å². The minimum Gasteiger partial charge on any atom is -0.508 e. The molecule has 0 fully saturated rings. The first-order chi connectivity index (χ1) is 14.8. The van der Waals surface area contributed by atoms with Crippen molar-refractivity contribution in [1.82, 2.24) is 0 Å². The molecule has 2 aliphatic rings. The van der Waals surface area contributed by atoms with Gasteiger partial charge in [-0.3, -0.25) is 0 Å². The van der Waals surface area contributed by atoms with Gasteiger partial charge < -0.3 is 14.7 Å². The Hall–Kier alpha value is -2.24. The Kier molecular flexibility index (Phi) is 7.84. The third-order valence-electron chi connectivity index (χ3n) is 6.87. The van der Waals surface area contributed by atoms with Crippen LogP contribution in [0.25, 0.3) is 0 Å². The van der Waals surface area contributed by atoms with E-state index >= 15 is 0 Å². The van der Waals surface area contributed by atoms with Crippen LogP contribution in [-0.2, 0) is 11.3 Å². The molecular weight excluding hydrogens is 394 g/mol. The smallest absolute Gasteiger partial charge is 0.294 e. The first-order valence-corrected chi connectivity index (χ1v) is 11.8. The molecule has 3 rings (SSSR count). The van der Waals surface area contributed by atoms with Crippen molar-refractivity contribution in [3.8, 4) is 11.5 Å². The molecule has 0 saturated heterocycles. The fourth-order valence-electron chi connectivity index (χ4n) is 5.22. The zero-order chi connectivity index (χ0) is 22.4. The van der Waals surface area contributed by atoms with Crippen molar-refractivity contribution in [2.24, 2.45) is 5.92 Å². The number of benzene rings is 1. The highest BCUT2D eigenvalue weighted by Crippen LogP contribution is 2.54. The molecule has 0 saturated carbocycles. The highest BCUT2D eigenvalue weighted by atomic mass is 16.9. The van der Waals surface area contributed by atoms with Gasteiger partial charge in [0, 0.05) is 17.4 Å². The number of hydrogen-bond donors (Lipinski definition) is 1. The average molecular weight is 432 g/mol. The molecule has 0 radical (unpaired) electrons. The number of rotatable bonds is 11. The predicted octanol–water partition coefficient (Wildman–Crippen LogP) is 6.48. The summed E-state index contributed by atoms with van der Waals surface area (Å²) in [5, 5.41) is 20.2. The van der Waals surface area contributed by atoms with Crippen molar-refractivity contribution in [2.75, 3.05) is 6.61 Å². The molecule has 6 nitrogen and oxygen atoms in total. The molecule has 1 heterocycles. The van der Waals surface area contributed by atoms with Crippen LogP contribution in [-0.4, -0.2) is 22.4 Å². The molecule has 1 aliphatic heterocycles. The third-order valence-corrected chi connectivity index (χ3v) is 6.87. The van der Waals surface area contributed by atoms with E-state index in [-0.39, 0.29) is 12.2 Å². The van der Waals surface area contributed by atoms with Crippen LogP contribution < -0.4 is 4.74 Å². The van der Waals surface area contributed by atoms with Crippen molar-refractivity contribution < 1.29 is 19.8 Å². The minimum absolute atomic E-state index is 0.200. The molecule has 2 atom stereocenters. The van der Waals surface area contributed by atoms with E-state index in [2.05, 4.69) is 37.8 Å². The molecule has 0 spiro atoms. The summed E-state index contributed by atoms with van der Waals surface area (Å²) in [6.45, 7) is 6.74. The number of phenols is 1. The Labute approximate surface area is 185 Å². The number of aryl methyl sites for hydroxylation is 1. The first-order valence-electron chi connectivity index (χ1n) is 11.8. The van der Waals surface area contributed by atoms with Gasteiger partial charge in [0.15, 0.2) is 0 Å². The lowest BCUT2D eigenvalue weighted by Crippen LogP contribution is -2.45. The second-order valence-electron chi connectivity index (χ2n) is 9.72. The van der Waals surface area contributed by atoms with Crippen molar-refractivity contribution in [1.29, 1.82) is 0 Å². The van der Waals surface area contributed by atoms with E-state index in [1.54, 1.807) is 0 Å². The molecule has 6 heteroatoms. The summed E-state index contributed by atoms with van der Waals surface area (Å²) in [6, 6.07) is 4.09. The zero-order valence-corrected chi connectivity index (χ0v) is 19.2. The Morgan fingerprint density at radius 3 is 2.55 bits per heavy atom. The second kappa shape index (κ2) is 10.4.